The summed E-state index contributed by atoms with van der Waals surface area (Å²) < 4.78 is 1.92. The zero-order chi connectivity index (χ0) is 26.3. The second kappa shape index (κ2) is 12.0. The van der Waals surface area contributed by atoms with Crippen molar-refractivity contribution in [2.24, 2.45) is 5.92 Å². The summed E-state index contributed by atoms with van der Waals surface area (Å²) in [5, 5.41) is 24.3. The zero-order valence-electron chi connectivity index (χ0n) is 20.9. The van der Waals surface area contributed by atoms with Crippen molar-refractivity contribution in [3.8, 4) is 5.69 Å². The number of hydrogen-bond acceptors (Lipinski definition) is 6. The lowest BCUT2D eigenvalue weighted by Gasteiger charge is -2.22. The van der Waals surface area contributed by atoms with Crippen molar-refractivity contribution < 1.29 is 9.72 Å². The highest BCUT2D eigenvalue weighted by Crippen LogP contribution is 2.31. The zero-order valence-corrected chi connectivity index (χ0v) is 21.7. The smallest absolute Gasteiger partial charge is 0.269 e. The van der Waals surface area contributed by atoms with Gasteiger partial charge < -0.3 is 5.32 Å². The molecule has 1 amide bonds. The Labute approximate surface area is 225 Å². The summed E-state index contributed by atoms with van der Waals surface area (Å²) >= 11 is 1.54. The van der Waals surface area contributed by atoms with Crippen LogP contribution in [0.1, 0.15) is 48.7 Å². The van der Waals surface area contributed by atoms with E-state index in [2.05, 4.69) is 27.6 Å². The summed E-state index contributed by atoms with van der Waals surface area (Å²) in [6, 6.07) is 26.0. The van der Waals surface area contributed by atoms with Gasteiger partial charge in [-0.2, -0.15) is 0 Å². The Morgan fingerprint density at radius 2 is 1.58 bits per heavy atom. The van der Waals surface area contributed by atoms with Crippen LogP contribution in [0.2, 0.25) is 0 Å². The molecule has 1 aromatic heterocycles. The van der Waals surface area contributed by atoms with Crippen LogP contribution in [0.5, 0.6) is 0 Å². The molecule has 1 unspecified atom stereocenters. The molecular formula is C29H29N5O3S. The van der Waals surface area contributed by atoms with Gasteiger partial charge in [0.2, 0.25) is 5.91 Å². The summed E-state index contributed by atoms with van der Waals surface area (Å²) in [6.07, 6.45) is 4.49. The molecule has 0 saturated heterocycles. The van der Waals surface area contributed by atoms with E-state index in [-0.39, 0.29) is 17.5 Å². The quantitative estimate of drug-likeness (QED) is 0.153. The fraction of sp³-hybridized carbons (Fsp3) is 0.276. The molecule has 1 atom stereocenters. The number of thioether (sulfide) groups is 1. The van der Waals surface area contributed by atoms with Crippen molar-refractivity contribution in [2.45, 2.75) is 49.1 Å². The van der Waals surface area contributed by atoms with Crippen molar-refractivity contribution in [2.75, 3.05) is 0 Å². The highest BCUT2D eigenvalue weighted by Gasteiger charge is 2.29. The number of aromatic nitrogens is 3. The molecule has 1 aliphatic rings. The van der Waals surface area contributed by atoms with Crippen molar-refractivity contribution in [1.82, 2.24) is 20.1 Å². The molecule has 1 aliphatic carbocycles. The van der Waals surface area contributed by atoms with Gasteiger partial charge in [0.05, 0.1) is 11.0 Å². The highest BCUT2D eigenvalue weighted by molar-refractivity contribution is 7.98. The summed E-state index contributed by atoms with van der Waals surface area (Å²) in [4.78, 5) is 24.1. The van der Waals surface area contributed by atoms with E-state index in [0.29, 0.717) is 28.8 Å². The first-order valence-corrected chi connectivity index (χ1v) is 13.8. The van der Waals surface area contributed by atoms with Crippen molar-refractivity contribution in [3.05, 3.63) is 112 Å². The van der Waals surface area contributed by atoms with Crippen LogP contribution in [0.25, 0.3) is 5.69 Å². The minimum absolute atomic E-state index is 0.0101. The Kier molecular flexibility index (Phi) is 8.13. The third kappa shape index (κ3) is 6.11. The second-order valence-electron chi connectivity index (χ2n) is 9.46. The van der Waals surface area contributed by atoms with Crippen LogP contribution in [0.15, 0.2) is 90.1 Å². The number of nitro benzene ring substituents is 1. The van der Waals surface area contributed by atoms with Gasteiger partial charge in [0.25, 0.3) is 5.69 Å². The summed E-state index contributed by atoms with van der Waals surface area (Å²) in [6.45, 7) is 0. The van der Waals surface area contributed by atoms with Crippen LogP contribution in [0.3, 0.4) is 0 Å². The average molecular weight is 528 g/mol. The number of nitro groups is 1. The van der Waals surface area contributed by atoms with Crippen LogP contribution in [-0.4, -0.2) is 25.6 Å². The number of carbonyl (C=O) groups excluding carboxylic acids is 1. The maximum absolute atomic E-state index is 13.3. The summed E-state index contributed by atoms with van der Waals surface area (Å²) in [5.74, 6) is 1.34. The van der Waals surface area contributed by atoms with Crippen LogP contribution >= 0.6 is 11.8 Å². The highest BCUT2D eigenvalue weighted by atomic mass is 32.2. The Balaban J connectivity index is 1.52. The minimum Gasteiger partial charge on any atom is -0.345 e. The van der Waals surface area contributed by atoms with Crippen molar-refractivity contribution in [3.63, 3.8) is 0 Å². The fourth-order valence-electron chi connectivity index (χ4n) is 4.82. The maximum atomic E-state index is 13.3. The van der Waals surface area contributed by atoms with Crippen molar-refractivity contribution >= 4 is 23.4 Å². The molecule has 4 aromatic rings. The molecule has 1 saturated carbocycles. The molecule has 1 heterocycles. The average Bonchev–Trinajstić information content (AvgIpc) is 3.64. The van der Waals surface area contributed by atoms with Gasteiger partial charge in [-0.25, -0.2) is 0 Å². The molecule has 0 bridgehead atoms. The number of amides is 1. The van der Waals surface area contributed by atoms with E-state index in [0.717, 1.165) is 36.8 Å². The second-order valence-corrected chi connectivity index (χ2v) is 10.4. The Bertz CT molecular complexity index is 1370. The maximum Gasteiger partial charge on any atom is 0.269 e. The molecule has 194 valence electrons. The Morgan fingerprint density at radius 1 is 0.947 bits per heavy atom. The monoisotopic (exact) mass is 527 g/mol. The third-order valence-corrected chi connectivity index (χ3v) is 7.82. The van der Waals surface area contributed by atoms with Gasteiger partial charge in [-0.1, -0.05) is 85.3 Å². The van der Waals surface area contributed by atoms with E-state index in [4.69, 9.17) is 0 Å². The number of nitrogens with one attached hydrogen (secondary N) is 1. The molecule has 5 rings (SSSR count). The normalized spacial score (nSPS) is 14.3. The van der Waals surface area contributed by atoms with E-state index >= 15 is 0 Å². The summed E-state index contributed by atoms with van der Waals surface area (Å²) in [7, 11) is 0. The molecule has 8 nitrogen and oxygen atoms in total. The van der Waals surface area contributed by atoms with E-state index in [1.807, 2.05) is 53.1 Å². The van der Waals surface area contributed by atoms with E-state index < -0.39 is 11.0 Å². The molecule has 0 aliphatic heterocycles. The third-order valence-electron chi connectivity index (χ3n) is 6.82. The predicted molar refractivity (Wildman–Crippen MR) is 147 cm³/mol. The first kappa shape index (κ1) is 25.7. The molecule has 9 heteroatoms. The van der Waals surface area contributed by atoms with Gasteiger partial charge in [-0.3, -0.25) is 19.5 Å². The first-order chi connectivity index (χ1) is 18.6. The lowest BCUT2D eigenvalue weighted by Crippen LogP contribution is -2.35. The number of non-ortho nitro benzene ring substituents is 1. The van der Waals surface area contributed by atoms with Gasteiger partial charge in [0, 0.05) is 29.5 Å². The number of benzene rings is 3. The predicted octanol–water partition coefficient (Wildman–Crippen LogP) is 6.06. The van der Waals surface area contributed by atoms with Gasteiger partial charge in [0.15, 0.2) is 11.0 Å². The molecule has 3 aromatic carbocycles. The summed E-state index contributed by atoms with van der Waals surface area (Å²) in [5.41, 5.74) is 2.94. The van der Waals surface area contributed by atoms with Gasteiger partial charge in [-0.15, -0.1) is 10.2 Å². The lowest BCUT2D eigenvalue weighted by molar-refractivity contribution is -0.384. The van der Waals surface area contributed by atoms with Crippen LogP contribution in [0, 0.1) is 16.0 Å². The van der Waals surface area contributed by atoms with Crippen LogP contribution in [-0.2, 0) is 17.0 Å². The fourth-order valence-corrected chi connectivity index (χ4v) is 5.74. The first-order valence-electron chi connectivity index (χ1n) is 12.8. The largest absolute Gasteiger partial charge is 0.345 e. The number of nitrogens with zero attached hydrogens (tertiary/aromatic N) is 4. The molecule has 1 N–H and O–H groups in total. The molecular weight excluding hydrogens is 498 g/mol. The minimum atomic E-state index is -0.417. The van der Waals surface area contributed by atoms with Gasteiger partial charge >= 0.3 is 0 Å². The molecule has 38 heavy (non-hydrogen) atoms. The molecule has 0 radical (unpaired) electrons. The standard InChI is InChI=1S/C29H29N5O3S/c35-28(23-13-7-8-14-23)30-26(19-21-9-3-1-4-10-21)27-31-32-29(38-20-22-11-5-2-6-12-22)33(27)24-15-17-25(18-16-24)34(36)37/h1-6,9-12,15-18,23,26H,7-8,13-14,19-20H2,(H,30,35). The van der Waals surface area contributed by atoms with Crippen LogP contribution < -0.4 is 5.32 Å². The van der Waals surface area contributed by atoms with Crippen molar-refractivity contribution in [1.29, 1.82) is 0 Å². The van der Waals surface area contributed by atoms with E-state index in [1.54, 1.807) is 12.1 Å². The number of hydrogen-bond donors (Lipinski definition) is 1. The van der Waals surface area contributed by atoms with Crippen LogP contribution in [0.4, 0.5) is 5.69 Å². The SMILES string of the molecule is O=C(NC(Cc1ccccc1)c1nnc(SCc2ccccc2)n1-c1ccc([N+](=O)[O-])cc1)C1CCCC1. The molecule has 1 fully saturated rings. The van der Waals surface area contributed by atoms with E-state index in [1.165, 1.54) is 23.9 Å². The Hall–Kier alpha value is -3.98. The van der Waals surface area contributed by atoms with Gasteiger partial charge in [0.1, 0.15) is 0 Å². The van der Waals surface area contributed by atoms with E-state index in [9.17, 15) is 14.9 Å². The van der Waals surface area contributed by atoms with Gasteiger partial charge in [-0.05, 0) is 42.5 Å². The Morgan fingerprint density at radius 3 is 2.21 bits per heavy atom. The molecule has 0 spiro atoms. The lowest BCUT2D eigenvalue weighted by atomic mass is 10.0. The number of carbonyl (C=O) groups is 1. The number of rotatable bonds is 10. The topological polar surface area (TPSA) is 103 Å².